The quantitative estimate of drug-likeness (QED) is 0.526. The lowest BCUT2D eigenvalue weighted by Crippen LogP contribution is -2.26. The van der Waals surface area contributed by atoms with Gasteiger partial charge in [-0.3, -0.25) is 9.59 Å². The molecule has 14 heavy (non-hydrogen) atoms. The fourth-order valence-corrected chi connectivity index (χ4v) is 0.542. The van der Waals surface area contributed by atoms with Gasteiger partial charge >= 0.3 is 12.1 Å². The molecule has 0 radical (unpaired) electrons. The van der Waals surface area contributed by atoms with Gasteiger partial charge in [0.25, 0.3) is 0 Å². The van der Waals surface area contributed by atoms with Gasteiger partial charge in [-0.2, -0.15) is 13.2 Å². The normalized spacial score (nSPS) is 11.6. The van der Waals surface area contributed by atoms with Crippen LogP contribution in [0.2, 0.25) is 0 Å². The lowest BCUT2D eigenvalue weighted by atomic mass is 10.2. The van der Waals surface area contributed by atoms with Crippen LogP contribution in [0.4, 0.5) is 13.2 Å². The molecule has 0 N–H and O–H groups in total. The van der Waals surface area contributed by atoms with Crippen LogP contribution in [-0.2, 0) is 14.3 Å². The van der Waals surface area contributed by atoms with E-state index in [1.165, 1.54) is 0 Å². The molecule has 6 heteroatoms. The van der Waals surface area contributed by atoms with Crippen molar-refractivity contribution in [2.75, 3.05) is 6.61 Å². The van der Waals surface area contributed by atoms with Gasteiger partial charge in [-0.05, 0) is 5.92 Å². The van der Waals surface area contributed by atoms with E-state index < -0.39 is 24.3 Å². The molecule has 82 valence electrons. The monoisotopic (exact) mass is 212 g/mol. The molecule has 0 heterocycles. The number of esters is 1. The summed E-state index contributed by atoms with van der Waals surface area (Å²) in [7, 11) is 0. The summed E-state index contributed by atoms with van der Waals surface area (Å²) in [5.41, 5.74) is 0. The topological polar surface area (TPSA) is 43.4 Å². The number of ether oxygens (including phenoxy) is 1. The number of alkyl halides is 3. The van der Waals surface area contributed by atoms with Crippen molar-refractivity contribution in [1.82, 2.24) is 0 Å². The van der Waals surface area contributed by atoms with Crippen molar-refractivity contribution >= 4 is 11.8 Å². The van der Waals surface area contributed by atoms with Gasteiger partial charge in [0.15, 0.2) is 0 Å². The molecule has 3 nitrogen and oxygen atoms in total. The molecule has 0 aliphatic rings. The lowest BCUT2D eigenvalue weighted by molar-refractivity contribution is -0.174. The van der Waals surface area contributed by atoms with Crippen molar-refractivity contribution in [3.8, 4) is 0 Å². The fourth-order valence-electron chi connectivity index (χ4n) is 0.542. The zero-order valence-electron chi connectivity index (χ0n) is 7.85. The van der Waals surface area contributed by atoms with Gasteiger partial charge in [-0.1, -0.05) is 13.8 Å². The Morgan fingerprint density at radius 3 is 2.14 bits per heavy atom. The van der Waals surface area contributed by atoms with Gasteiger partial charge in [0, 0.05) is 0 Å². The second-order valence-electron chi connectivity index (χ2n) is 3.17. The molecule has 0 rings (SSSR count). The Kier molecular flexibility index (Phi) is 4.59. The number of hydrogen-bond acceptors (Lipinski definition) is 3. The Morgan fingerprint density at radius 2 is 1.79 bits per heavy atom. The van der Waals surface area contributed by atoms with Crippen molar-refractivity contribution in [2.45, 2.75) is 26.4 Å². The highest BCUT2D eigenvalue weighted by Crippen LogP contribution is 2.17. The fraction of sp³-hybridized carbons (Fsp3) is 0.750. The molecule has 0 aliphatic heterocycles. The first-order valence-corrected chi connectivity index (χ1v) is 3.99. The number of hydrogen-bond donors (Lipinski definition) is 0. The molecule has 0 fully saturated rings. The molecule has 0 saturated heterocycles. The molecule has 0 unspecified atom stereocenters. The minimum Gasteiger partial charge on any atom is -0.465 e. The first kappa shape index (κ1) is 12.9. The van der Waals surface area contributed by atoms with Crippen LogP contribution in [-0.4, -0.2) is 24.5 Å². The van der Waals surface area contributed by atoms with Crippen molar-refractivity contribution in [2.24, 2.45) is 5.92 Å². The van der Waals surface area contributed by atoms with E-state index >= 15 is 0 Å². The molecule has 0 spiro atoms. The van der Waals surface area contributed by atoms with E-state index in [0.717, 1.165) is 0 Å². The Bertz CT molecular complexity index is 220. The Balaban J connectivity index is 3.90. The van der Waals surface area contributed by atoms with Crippen molar-refractivity contribution in [3.05, 3.63) is 0 Å². The van der Waals surface area contributed by atoms with Gasteiger partial charge in [-0.25, -0.2) is 0 Å². The molecule has 0 aromatic carbocycles. The third-order valence-corrected chi connectivity index (χ3v) is 1.20. The molecule has 0 aromatic rings. The summed E-state index contributed by atoms with van der Waals surface area (Å²) in [6.45, 7) is 3.49. The number of Topliss-reactive ketones (excluding diaryl/α,β-unsaturated/α-hetero) is 1. The van der Waals surface area contributed by atoms with Crippen LogP contribution in [0.3, 0.4) is 0 Å². The summed E-state index contributed by atoms with van der Waals surface area (Å²) < 4.78 is 39.4. The van der Waals surface area contributed by atoms with Gasteiger partial charge in [0.05, 0.1) is 6.61 Å². The zero-order chi connectivity index (χ0) is 11.4. The maximum absolute atomic E-state index is 11.7. The molecule has 0 bridgehead atoms. The molecular weight excluding hydrogens is 201 g/mol. The third kappa shape index (κ3) is 5.55. The van der Waals surface area contributed by atoms with E-state index in [4.69, 9.17) is 0 Å². The van der Waals surface area contributed by atoms with Crippen molar-refractivity contribution < 1.29 is 27.5 Å². The van der Waals surface area contributed by atoms with Gasteiger partial charge < -0.3 is 4.74 Å². The first-order chi connectivity index (χ1) is 6.23. The van der Waals surface area contributed by atoms with Crippen LogP contribution in [0.5, 0.6) is 0 Å². The SMILES string of the molecule is CC(C)COC(=O)CC(=O)C(F)(F)F. The Morgan fingerprint density at radius 1 is 1.29 bits per heavy atom. The Hall–Kier alpha value is -1.07. The number of ketones is 1. The molecule has 0 amide bonds. The number of carbonyl (C=O) groups excluding carboxylic acids is 2. The van der Waals surface area contributed by atoms with E-state index in [1.54, 1.807) is 13.8 Å². The second kappa shape index (κ2) is 4.97. The second-order valence-corrected chi connectivity index (χ2v) is 3.17. The number of carbonyl (C=O) groups is 2. The first-order valence-electron chi connectivity index (χ1n) is 3.99. The summed E-state index contributed by atoms with van der Waals surface area (Å²) in [4.78, 5) is 21.0. The summed E-state index contributed by atoms with van der Waals surface area (Å²) >= 11 is 0. The molecule has 0 aliphatic carbocycles. The van der Waals surface area contributed by atoms with E-state index in [-0.39, 0.29) is 12.5 Å². The van der Waals surface area contributed by atoms with Crippen LogP contribution < -0.4 is 0 Å². The highest BCUT2D eigenvalue weighted by Gasteiger charge is 2.39. The summed E-state index contributed by atoms with van der Waals surface area (Å²) in [6, 6.07) is 0. The summed E-state index contributed by atoms with van der Waals surface area (Å²) in [5.74, 6) is -3.19. The van der Waals surface area contributed by atoms with E-state index in [0.29, 0.717) is 0 Å². The minimum absolute atomic E-state index is 0.0178. The predicted octanol–water partition coefficient (Wildman–Crippen LogP) is 1.71. The molecule has 0 aromatic heterocycles. The predicted molar refractivity (Wildman–Crippen MR) is 41.5 cm³/mol. The van der Waals surface area contributed by atoms with Crippen LogP contribution in [0.1, 0.15) is 20.3 Å². The van der Waals surface area contributed by atoms with Crippen LogP contribution >= 0.6 is 0 Å². The Labute approximate surface area is 79.2 Å². The van der Waals surface area contributed by atoms with E-state index in [9.17, 15) is 22.8 Å². The lowest BCUT2D eigenvalue weighted by Gasteiger charge is -2.07. The van der Waals surface area contributed by atoms with Crippen LogP contribution in [0.15, 0.2) is 0 Å². The number of halogens is 3. The summed E-state index contributed by atoms with van der Waals surface area (Å²) in [5, 5.41) is 0. The zero-order valence-corrected chi connectivity index (χ0v) is 7.85. The van der Waals surface area contributed by atoms with Gasteiger partial charge in [-0.15, -0.1) is 0 Å². The average Bonchev–Trinajstić information content (AvgIpc) is 1.99. The summed E-state index contributed by atoms with van der Waals surface area (Å²) in [6.07, 6.45) is -6.20. The van der Waals surface area contributed by atoms with Crippen molar-refractivity contribution in [1.29, 1.82) is 0 Å². The molecule has 0 atom stereocenters. The van der Waals surface area contributed by atoms with Gasteiger partial charge in [0.1, 0.15) is 6.42 Å². The highest BCUT2D eigenvalue weighted by atomic mass is 19.4. The smallest absolute Gasteiger partial charge is 0.450 e. The van der Waals surface area contributed by atoms with Crippen LogP contribution in [0, 0.1) is 5.92 Å². The average molecular weight is 212 g/mol. The largest absolute Gasteiger partial charge is 0.465 e. The van der Waals surface area contributed by atoms with E-state index in [1.807, 2.05) is 0 Å². The number of rotatable bonds is 4. The minimum atomic E-state index is -4.96. The maximum Gasteiger partial charge on any atom is 0.450 e. The van der Waals surface area contributed by atoms with Crippen LogP contribution in [0.25, 0.3) is 0 Å². The standard InChI is InChI=1S/C8H11F3O3/c1-5(2)4-14-7(13)3-6(12)8(9,10)11/h5H,3-4H2,1-2H3. The van der Waals surface area contributed by atoms with Crippen molar-refractivity contribution in [3.63, 3.8) is 0 Å². The van der Waals surface area contributed by atoms with E-state index in [2.05, 4.69) is 4.74 Å². The van der Waals surface area contributed by atoms with Gasteiger partial charge in [0.2, 0.25) is 5.78 Å². The molecule has 0 saturated carbocycles. The maximum atomic E-state index is 11.7. The third-order valence-electron chi connectivity index (χ3n) is 1.20. The highest BCUT2D eigenvalue weighted by molar-refractivity contribution is 5.98. The molecular formula is C8H11F3O3.